The quantitative estimate of drug-likeness (QED) is 0.562. The van der Waals surface area contributed by atoms with Gasteiger partial charge in [0.2, 0.25) is 5.91 Å². The van der Waals surface area contributed by atoms with Gasteiger partial charge in [-0.25, -0.2) is 9.59 Å². The summed E-state index contributed by atoms with van der Waals surface area (Å²) in [5, 5.41) is 5.41. The molecule has 1 aliphatic rings. The van der Waals surface area contributed by atoms with Gasteiger partial charge in [-0.3, -0.25) is 4.79 Å². The maximum absolute atomic E-state index is 12.9. The Balaban J connectivity index is 1.81. The van der Waals surface area contributed by atoms with Crippen LogP contribution in [-0.4, -0.2) is 67.5 Å². The number of hydrogen-bond donors (Lipinski definition) is 2. The van der Waals surface area contributed by atoms with Crippen LogP contribution < -0.4 is 10.6 Å². The van der Waals surface area contributed by atoms with Gasteiger partial charge < -0.3 is 29.7 Å². The Morgan fingerprint density at radius 3 is 2.41 bits per heavy atom. The molecule has 0 radical (unpaired) electrons. The summed E-state index contributed by atoms with van der Waals surface area (Å²) in [7, 11) is 0. The van der Waals surface area contributed by atoms with Crippen LogP contribution in [0.3, 0.4) is 0 Å². The van der Waals surface area contributed by atoms with Gasteiger partial charge in [-0.1, -0.05) is 30.3 Å². The number of alkyl carbamates (subject to hydrolysis) is 2. The van der Waals surface area contributed by atoms with Crippen molar-refractivity contribution in [3.63, 3.8) is 0 Å². The van der Waals surface area contributed by atoms with Crippen molar-refractivity contribution in [2.75, 3.05) is 32.8 Å². The van der Waals surface area contributed by atoms with E-state index in [1.165, 1.54) is 0 Å². The number of benzene rings is 1. The van der Waals surface area contributed by atoms with Crippen LogP contribution >= 0.6 is 0 Å². The Kier molecular flexibility index (Phi) is 10.3. The van der Waals surface area contributed by atoms with Crippen molar-refractivity contribution in [2.45, 2.75) is 58.3 Å². The second-order valence-electron chi connectivity index (χ2n) is 8.62. The molecule has 9 nitrogen and oxygen atoms in total. The van der Waals surface area contributed by atoms with Crippen LogP contribution in [0.25, 0.3) is 0 Å². The smallest absolute Gasteiger partial charge is 0.408 e. The van der Waals surface area contributed by atoms with Crippen LogP contribution in [0.15, 0.2) is 30.3 Å². The number of hydrogen-bond acceptors (Lipinski definition) is 6. The molecule has 9 heteroatoms. The fourth-order valence-electron chi connectivity index (χ4n) is 3.15. The molecule has 1 atom stereocenters. The van der Waals surface area contributed by atoms with E-state index in [0.29, 0.717) is 52.1 Å². The molecular weight excluding hydrogens is 414 g/mol. The number of rotatable bonds is 9. The lowest BCUT2D eigenvalue weighted by atomic mass is 10.1. The Hall–Kier alpha value is -2.81. The molecule has 0 aliphatic carbocycles. The van der Waals surface area contributed by atoms with E-state index in [2.05, 4.69) is 10.6 Å². The summed E-state index contributed by atoms with van der Waals surface area (Å²) in [6, 6.07) is 8.65. The summed E-state index contributed by atoms with van der Waals surface area (Å²) in [6.07, 6.45) is 0.614. The summed E-state index contributed by atoms with van der Waals surface area (Å²) in [5.41, 5.74) is 0.316. The van der Waals surface area contributed by atoms with Crippen molar-refractivity contribution in [1.82, 2.24) is 15.5 Å². The molecular formula is C23H35N3O6. The lowest BCUT2D eigenvalue weighted by molar-refractivity contribution is -0.137. The van der Waals surface area contributed by atoms with Gasteiger partial charge in [-0.2, -0.15) is 0 Å². The van der Waals surface area contributed by atoms with E-state index in [9.17, 15) is 14.4 Å². The molecule has 1 aliphatic heterocycles. The largest absolute Gasteiger partial charge is 0.445 e. The normalized spacial score (nSPS) is 14.9. The molecule has 0 saturated carbocycles. The maximum Gasteiger partial charge on any atom is 0.408 e. The molecule has 1 heterocycles. The minimum atomic E-state index is -0.696. The predicted molar refractivity (Wildman–Crippen MR) is 119 cm³/mol. The number of morpholine rings is 1. The topological polar surface area (TPSA) is 106 Å². The molecule has 0 unspecified atom stereocenters. The van der Waals surface area contributed by atoms with E-state index in [0.717, 1.165) is 5.56 Å². The molecule has 1 saturated heterocycles. The highest BCUT2D eigenvalue weighted by molar-refractivity contribution is 5.85. The van der Waals surface area contributed by atoms with Crippen molar-refractivity contribution in [3.8, 4) is 0 Å². The second-order valence-corrected chi connectivity index (χ2v) is 8.62. The molecule has 3 amide bonds. The van der Waals surface area contributed by atoms with Crippen molar-refractivity contribution < 1.29 is 28.6 Å². The summed E-state index contributed by atoms with van der Waals surface area (Å²) in [4.78, 5) is 38.7. The van der Waals surface area contributed by atoms with Crippen LogP contribution in [0, 0.1) is 0 Å². The van der Waals surface area contributed by atoms with E-state index in [1.807, 2.05) is 30.3 Å². The maximum atomic E-state index is 12.9. The third-order valence-electron chi connectivity index (χ3n) is 4.71. The van der Waals surface area contributed by atoms with Crippen LogP contribution in [0.2, 0.25) is 0 Å². The molecule has 1 aromatic carbocycles. The predicted octanol–water partition coefficient (Wildman–Crippen LogP) is 2.84. The third-order valence-corrected chi connectivity index (χ3v) is 4.71. The van der Waals surface area contributed by atoms with Crippen molar-refractivity contribution in [1.29, 1.82) is 0 Å². The summed E-state index contributed by atoms with van der Waals surface area (Å²) in [6.45, 7) is 7.92. The zero-order valence-corrected chi connectivity index (χ0v) is 19.2. The standard InChI is InChI=1S/C23H35N3O6/c1-23(2,3)32-21(28)24-12-8-7-11-19(20(27)26-13-15-30-16-14-26)25-22(29)31-17-18-9-5-4-6-10-18/h4-6,9-10,19H,7-8,11-17H2,1-3H3,(H,24,28)(H,25,29)/t19-/m1/s1. The first-order valence-corrected chi connectivity index (χ1v) is 11.1. The highest BCUT2D eigenvalue weighted by atomic mass is 16.6. The first-order valence-electron chi connectivity index (χ1n) is 11.1. The second kappa shape index (κ2) is 12.9. The SMILES string of the molecule is CC(C)(C)OC(=O)NCCCC[C@@H](NC(=O)OCc1ccccc1)C(=O)N1CCOCC1. The van der Waals surface area contributed by atoms with Gasteiger partial charge in [0.25, 0.3) is 0 Å². The number of ether oxygens (including phenoxy) is 3. The molecule has 0 aromatic heterocycles. The first-order chi connectivity index (χ1) is 15.2. The number of amides is 3. The van der Waals surface area contributed by atoms with Gasteiger partial charge in [0.05, 0.1) is 13.2 Å². The van der Waals surface area contributed by atoms with Crippen molar-refractivity contribution in [3.05, 3.63) is 35.9 Å². The number of nitrogens with zero attached hydrogens (tertiary/aromatic N) is 1. The van der Waals surface area contributed by atoms with Crippen LogP contribution in [0.1, 0.15) is 45.6 Å². The van der Waals surface area contributed by atoms with E-state index in [4.69, 9.17) is 14.2 Å². The van der Waals surface area contributed by atoms with Crippen LogP contribution in [0.5, 0.6) is 0 Å². The van der Waals surface area contributed by atoms with Gasteiger partial charge in [0, 0.05) is 19.6 Å². The van der Waals surface area contributed by atoms with Crippen molar-refractivity contribution in [2.24, 2.45) is 0 Å². The molecule has 1 fully saturated rings. The minimum Gasteiger partial charge on any atom is -0.445 e. The van der Waals surface area contributed by atoms with E-state index in [1.54, 1.807) is 25.7 Å². The number of nitrogens with one attached hydrogen (secondary N) is 2. The fourth-order valence-corrected chi connectivity index (χ4v) is 3.15. The van der Waals surface area contributed by atoms with Gasteiger partial charge in [0.1, 0.15) is 18.2 Å². The molecule has 0 spiro atoms. The third kappa shape index (κ3) is 10.00. The lowest BCUT2D eigenvalue weighted by Gasteiger charge is -2.30. The average Bonchev–Trinajstić information content (AvgIpc) is 2.76. The molecule has 1 aromatic rings. The number of carbonyl (C=O) groups excluding carboxylic acids is 3. The van der Waals surface area contributed by atoms with Gasteiger partial charge in [-0.05, 0) is 45.6 Å². The van der Waals surface area contributed by atoms with E-state index in [-0.39, 0.29) is 12.5 Å². The Labute approximate surface area is 189 Å². The van der Waals surface area contributed by atoms with Gasteiger partial charge in [-0.15, -0.1) is 0 Å². The van der Waals surface area contributed by atoms with E-state index < -0.39 is 23.8 Å². The Bertz CT molecular complexity index is 729. The summed E-state index contributed by atoms with van der Waals surface area (Å²) >= 11 is 0. The van der Waals surface area contributed by atoms with Crippen LogP contribution in [0.4, 0.5) is 9.59 Å². The van der Waals surface area contributed by atoms with Crippen molar-refractivity contribution >= 4 is 18.1 Å². The Morgan fingerprint density at radius 2 is 1.75 bits per heavy atom. The monoisotopic (exact) mass is 449 g/mol. The van der Waals surface area contributed by atoms with Crippen LogP contribution in [-0.2, 0) is 25.6 Å². The molecule has 2 N–H and O–H groups in total. The highest BCUT2D eigenvalue weighted by Crippen LogP contribution is 2.10. The fraction of sp³-hybridized carbons (Fsp3) is 0.609. The molecule has 32 heavy (non-hydrogen) atoms. The van der Waals surface area contributed by atoms with Gasteiger partial charge in [0.15, 0.2) is 0 Å². The molecule has 2 rings (SSSR count). The highest BCUT2D eigenvalue weighted by Gasteiger charge is 2.27. The average molecular weight is 450 g/mol. The molecule has 0 bridgehead atoms. The molecule has 178 valence electrons. The summed E-state index contributed by atoms with van der Waals surface area (Å²) < 4.78 is 15.8. The number of carbonyl (C=O) groups is 3. The number of unbranched alkanes of at least 4 members (excludes halogenated alkanes) is 1. The minimum absolute atomic E-state index is 0.130. The first kappa shape index (κ1) is 25.5. The zero-order chi connectivity index (χ0) is 23.4. The van der Waals surface area contributed by atoms with Gasteiger partial charge >= 0.3 is 12.2 Å². The van der Waals surface area contributed by atoms with E-state index >= 15 is 0 Å². The zero-order valence-electron chi connectivity index (χ0n) is 19.2. The Morgan fingerprint density at radius 1 is 1.06 bits per heavy atom. The lowest BCUT2D eigenvalue weighted by Crippen LogP contribution is -2.51. The summed E-state index contributed by atoms with van der Waals surface area (Å²) in [5.74, 6) is -0.148.